The zero-order valence-electron chi connectivity index (χ0n) is 13.5. The van der Waals surface area contributed by atoms with Crippen LogP contribution in [0.5, 0.6) is 0 Å². The second-order valence-electron chi connectivity index (χ2n) is 5.52. The van der Waals surface area contributed by atoms with Gasteiger partial charge in [0.15, 0.2) is 5.69 Å². The maximum absolute atomic E-state index is 11.8. The number of unbranched alkanes of at least 4 members (excludes halogenated alkanes) is 1. The van der Waals surface area contributed by atoms with Crippen molar-refractivity contribution in [2.45, 2.75) is 38.3 Å². The molecule has 1 fully saturated rings. The Morgan fingerprint density at radius 1 is 1.58 bits per heavy atom. The Bertz CT molecular complexity index is 605. The molecule has 0 spiro atoms. The molecule has 130 valence electrons. The van der Waals surface area contributed by atoms with E-state index in [1.807, 2.05) is 13.0 Å². The average molecular weight is 397 g/mol. The predicted molar refractivity (Wildman–Crippen MR) is 92.7 cm³/mol. The van der Waals surface area contributed by atoms with Gasteiger partial charge in [-0.15, -0.1) is 0 Å². The smallest absolute Gasteiger partial charge is 0.407 e. The number of aromatic nitrogens is 1. The largest absolute Gasteiger partial charge is 0.450 e. The van der Waals surface area contributed by atoms with Crippen molar-refractivity contribution < 1.29 is 14.3 Å². The minimum atomic E-state index is -0.426. The summed E-state index contributed by atoms with van der Waals surface area (Å²) >= 11 is 3.32. The molecule has 2 atom stereocenters. The molecular formula is C16H21BrN4O3. The number of nitriles is 1. The summed E-state index contributed by atoms with van der Waals surface area (Å²) in [6, 6.07) is 3.62. The molecule has 2 rings (SSSR count). The van der Waals surface area contributed by atoms with Crippen molar-refractivity contribution >= 4 is 27.7 Å². The monoisotopic (exact) mass is 396 g/mol. The molecule has 1 saturated heterocycles. The van der Waals surface area contributed by atoms with Crippen LogP contribution in [0.25, 0.3) is 0 Å². The van der Waals surface area contributed by atoms with Gasteiger partial charge in [-0.05, 0) is 34.8 Å². The van der Waals surface area contributed by atoms with Gasteiger partial charge in [-0.3, -0.25) is 0 Å². The first kappa shape index (κ1) is 18.5. The van der Waals surface area contributed by atoms with Crippen molar-refractivity contribution in [1.82, 2.24) is 10.3 Å². The van der Waals surface area contributed by atoms with E-state index in [9.17, 15) is 4.79 Å². The predicted octanol–water partition coefficient (Wildman–Crippen LogP) is 2.81. The fraction of sp³-hybridized carbons (Fsp3) is 0.562. The summed E-state index contributed by atoms with van der Waals surface area (Å²) in [5.74, 6) is 0. The first-order chi connectivity index (χ1) is 11.6. The maximum Gasteiger partial charge on any atom is 0.407 e. The van der Waals surface area contributed by atoms with Gasteiger partial charge in [-0.25, -0.2) is 9.78 Å². The second kappa shape index (κ2) is 9.45. The van der Waals surface area contributed by atoms with Gasteiger partial charge < -0.3 is 20.1 Å². The third-order valence-electron chi connectivity index (χ3n) is 3.69. The highest BCUT2D eigenvalue weighted by Gasteiger charge is 2.27. The van der Waals surface area contributed by atoms with Crippen molar-refractivity contribution in [2.24, 2.45) is 0 Å². The van der Waals surface area contributed by atoms with Crippen molar-refractivity contribution in [3.05, 3.63) is 22.4 Å². The third-order valence-corrected chi connectivity index (χ3v) is 4.29. The normalized spacial score (nSPS) is 20.0. The number of ether oxygens (including phenoxy) is 2. The van der Waals surface area contributed by atoms with Crippen LogP contribution in [0.4, 0.5) is 10.5 Å². The summed E-state index contributed by atoms with van der Waals surface area (Å²) in [6.07, 6.45) is 3.75. The van der Waals surface area contributed by atoms with Gasteiger partial charge in [-0.1, -0.05) is 13.3 Å². The van der Waals surface area contributed by atoms with Gasteiger partial charge in [-0.2, -0.15) is 5.26 Å². The van der Waals surface area contributed by atoms with Gasteiger partial charge in [0.25, 0.3) is 0 Å². The standard InChI is InChI=1S/C16H21BrN4O3/c1-2-3-5-24-16(22)21-15-10-23-6-4-13(15)20-11-7-12(17)14(8-18)19-9-11/h7,9,13,15,20H,2-6,10H2,1H3,(H,21,22)/t13-,15+/m1/s1. The molecule has 0 unspecified atom stereocenters. The molecule has 0 aliphatic carbocycles. The fourth-order valence-electron chi connectivity index (χ4n) is 2.37. The summed E-state index contributed by atoms with van der Waals surface area (Å²) in [7, 11) is 0. The minimum Gasteiger partial charge on any atom is -0.450 e. The highest BCUT2D eigenvalue weighted by atomic mass is 79.9. The molecular weight excluding hydrogens is 376 g/mol. The Morgan fingerprint density at radius 2 is 2.42 bits per heavy atom. The van der Waals surface area contributed by atoms with Gasteiger partial charge in [0, 0.05) is 6.61 Å². The van der Waals surface area contributed by atoms with Crippen LogP contribution in [0.2, 0.25) is 0 Å². The fourth-order valence-corrected chi connectivity index (χ4v) is 2.81. The Labute approximate surface area is 149 Å². The number of carbonyl (C=O) groups excluding carboxylic acids is 1. The van der Waals surface area contributed by atoms with E-state index in [4.69, 9.17) is 14.7 Å². The molecule has 1 amide bonds. The Hall–Kier alpha value is -1.85. The van der Waals surface area contributed by atoms with Crippen LogP contribution in [0.15, 0.2) is 16.7 Å². The van der Waals surface area contributed by atoms with Gasteiger partial charge in [0.1, 0.15) is 6.07 Å². The summed E-state index contributed by atoms with van der Waals surface area (Å²) in [5.41, 5.74) is 1.11. The zero-order chi connectivity index (χ0) is 17.4. The van der Waals surface area contributed by atoms with Crippen LogP contribution in [0, 0.1) is 11.3 Å². The maximum atomic E-state index is 11.8. The van der Waals surface area contributed by atoms with E-state index in [1.54, 1.807) is 12.3 Å². The Morgan fingerprint density at radius 3 is 3.12 bits per heavy atom. The molecule has 7 nitrogen and oxygen atoms in total. The molecule has 24 heavy (non-hydrogen) atoms. The van der Waals surface area contributed by atoms with Crippen molar-refractivity contribution in [2.75, 3.05) is 25.1 Å². The van der Waals surface area contributed by atoms with Crippen LogP contribution in [0.3, 0.4) is 0 Å². The van der Waals surface area contributed by atoms with Crippen molar-refractivity contribution in [3.8, 4) is 6.07 Å². The minimum absolute atomic E-state index is 0.000823. The molecule has 0 saturated carbocycles. The van der Waals surface area contributed by atoms with E-state index in [0.717, 1.165) is 24.9 Å². The van der Waals surface area contributed by atoms with Gasteiger partial charge >= 0.3 is 6.09 Å². The summed E-state index contributed by atoms with van der Waals surface area (Å²) in [4.78, 5) is 15.9. The molecule has 2 N–H and O–H groups in total. The molecule has 1 aliphatic heterocycles. The number of anilines is 1. The van der Waals surface area contributed by atoms with E-state index in [2.05, 4.69) is 31.5 Å². The molecule has 0 bridgehead atoms. The number of amides is 1. The van der Waals surface area contributed by atoms with E-state index >= 15 is 0 Å². The number of nitrogens with zero attached hydrogens (tertiary/aromatic N) is 2. The first-order valence-corrected chi connectivity index (χ1v) is 8.76. The molecule has 0 radical (unpaired) electrons. The Balaban J connectivity index is 1.95. The topological polar surface area (TPSA) is 96.3 Å². The zero-order valence-corrected chi connectivity index (χ0v) is 15.1. The highest BCUT2D eigenvalue weighted by molar-refractivity contribution is 9.10. The summed E-state index contributed by atoms with van der Waals surface area (Å²) < 4.78 is 11.2. The van der Waals surface area contributed by atoms with Crippen molar-refractivity contribution in [1.29, 1.82) is 5.26 Å². The second-order valence-corrected chi connectivity index (χ2v) is 6.38. The van der Waals surface area contributed by atoms with E-state index in [1.165, 1.54) is 0 Å². The molecule has 1 aromatic rings. The number of pyridine rings is 1. The van der Waals surface area contributed by atoms with E-state index in [-0.39, 0.29) is 12.1 Å². The molecule has 8 heteroatoms. The number of nitrogens with one attached hydrogen (secondary N) is 2. The number of carbonyl (C=O) groups is 1. The quantitative estimate of drug-likeness (QED) is 0.717. The SMILES string of the molecule is CCCCOC(=O)N[C@H]1COCC[C@H]1Nc1cnc(C#N)c(Br)c1. The molecule has 1 aliphatic rings. The van der Waals surface area contributed by atoms with Crippen LogP contribution in [-0.4, -0.2) is 43.0 Å². The van der Waals surface area contributed by atoms with Crippen LogP contribution in [-0.2, 0) is 9.47 Å². The first-order valence-electron chi connectivity index (χ1n) is 7.97. The van der Waals surface area contributed by atoms with Gasteiger partial charge in [0.05, 0.1) is 41.7 Å². The lowest BCUT2D eigenvalue weighted by molar-refractivity contribution is 0.0584. The van der Waals surface area contributed by atoms with Gasteiger partial charge in [0.2, 0.25) is 0 Å². The van der Waals surface area contributed by atoms with Crippen molar-refractivity contribution in [3.63, 3.8) is 0 Å². The highest BCUT2D eigenvalue weighted by Crippen LogP contribution is 2.21. The summed E-state index contributed by atoms with van der Waals surface area (Å²) in [5, 5.41) is 15.1. The number of hydrogen-bond acceptors (Lipinski definition) is 6. The lowest BCUT2D eigenvalue weighted by Crippen LogP contribution is -2.52. The van der Waals surface area contributed by atoms with E-state index in [0.29, 0.717) is 30.0 Å². The lowest BCUT2D eigenvalue weighted by atomic mass is 10.0. The number of halogens is 1. The third kappa shape index (κ3) is 5.35. The lowest BCUT2D eigenvalue weighted by Gasteiger charge is -2.33. The van der Waals surface area contributed by atoms with E-state index < -0.39 is 6.09 Å². The number of alkyl carbamates (subject to hydrolysis) is 1. The van der Waals surface area contributed by atoms with Crippen LogP contribution >= 0.6 is 15.9 Å². The molecule has 0 aromatic carbocycles. The molecule has 1 aromatic heterocycles. The van der Waals surface area contributed by atoms with Crippen LogP contribution in [0.1, 0.15) is 31.9 Å². The molecule has 2 heterocycles. The van der Waals surface area contributed by atoms with Crippen LogP contribution < -0.4 is 10.6 Å². The average Bonchev–Trinajstić information content (AvgIpc) is 2.57. The number of hydrogen-bond donors (Lipinski definition) is 2. The summed E-state index contributed by atoms with van der Waals surface area (Å²) in [6.45, 7) is 3.50. The Kier molecular flexibility index (Phi) is 7.28. The number of rotatable bonds is 6.